The van der Waals surface area contributed by atoms with Crippen molar-refractivity contribution >= 4 is 52.5 Å². The second-order valence-electron chi connectivity index (χ2n) is 16.6. The molecule has 3 aliphatic heterocycles. The highest BCUT2D eigenvalue weighted by Gasteiger charge is 2.34. The van der Waals surface area contributed by atoms with Gasteiger partial charge < -0.3 is 30.3 Å². The van der Waals surface area contributed by atoms with Crippen LogP contribution in [0.4, 0.5) is 26.4 Å². The molecule has 0 radical (unpaired) electrons. The van der Waals surface area contributed by atoms with Crippen LogP contribution in [0, 0.1) is 5.82 Å². The van der Waals surface area contributed by atoms with Gasteiger partial charge in [-0.05, 0) is 113 Å². The van der Waals surface area contributed by atoms with Crippen molar-refractivity contribution in [1.82, 2.24) is 25.2 Å². The van der Waals surface area contributed by atoms with Gasteiger partial charge in [-0.15, -0.1) is 0 Å². The van der Waals surface area contributed by atoms with E-state index in [1.165, 1.54) is 23.4 Å². The van der Waals surface area contributed by atoms with E-state index in [0.29, 0.717) is 35.5 Å². The number of ether oxygens (including phenoxy) is 1. The predicted molar refractivity (Wildman–Crippen MR) is 227 cm³/mol. The molecule has 2 saturated heterocycles. The van der Waals surface area contributed by atoms with E-state index in [9.17, 15) is 14.4 Å². The van der Waals surface area contributed by atoms with Gasteiger partial charge in [-0.3, -0.25) is 9.69 Å². The molecule has 2 aromatic carbocycles. The van der Waals surface area contributed by atoms with Gasteiger partial charge in [-0.25, -0.2) is 28.9 Å². The van der Waals surface area contributed by atoms with Crippen molar-refractivity contribution in [3.8, 4) is 0 Å². The maximum atomic E-state index is 15.5. The molecule has 3 N–H and O–H groups in total. The van der Waals surface area contributed by atoms with Crippen molar-refractivity contribution in [3.05, 3.63) is 102 Å². The number of anilines is 3. The first-order chi connectivity index (χ1) is 28.2. The summed E-state index contributed by atoms with van der Waals surface area (Å²) < 4.78 is 21.0. The van der Waals surface area contributed by atoms with Crippen LogP contribution in [0.5, 0.6) is 0 Å². The van der Waals surface area contributed by atoms with Crippen LogP contribution < -0.4 is 20.4 Å². The number of carboxylic acid groups (broad SMARTS) is 1. The van der Waals surface area contributed by atoms with E-state index in [1.807, 2.05) is 52.0 Å². The number of carbonyl (C=O) groups excluding carboxylic acids is 2. The average Bonchev–Trinajstić information content (AvgIpc) is 3.21. The lowest BCUT2D eigenvalue weighted by atomic mass is 9.90. The third-order valence-corrected chi connectivity index (χ3v) is 12.0. The van der Waals surface area contributed by atoms with Gasteiger partial charge in [0.05, 0.1) is 18.1 Å². The number of nitrogens with one attached hydrogen (secondary N) is 2. The zero-order chi connectivity index (χ0) is 41.7. The predicted octanol–water partition coefficient (Wildman–Crippen LogP) is 7.75. The van der Waals surface area contributed by atoms with Gasteiger partial charge in [0.1, 0.15) is 28.0 Å². The monoisotopic (exact) mass is 822 g/mol. The number of aromatic nitrogens is 3. The fourth-order valence-electron chi connectivity index (χ4n) is 7.76. The number of aromatic carboxylic acids is 1. The van der Waals surface area contributed by atoms with Gasteiger partial charge in [0, 0.05) is 73.2 Å². The highest BCUT2D eigenvalue weighted by molar-refractivity contribution is 7.99. The second-order valence-corrected chi connectivity index (χ2v) is 17.7. The molecule has 0 aliphatic carbocycles. The van der Waals surface area contributed by atoms with E-state index in [2.05, 4.69) is 46.4 Å². The summed E-state index contributed by atoms with van der Waals surface area (Å²) >= 11 is 1.43. The minimum Gasteiger partial charge on any atom is -0.477 e. The first kappa shape index (κ1) is 41.6. The minimum atomic E-state index is -1.03. The van der Waals surface area contributed by atoms with Crippen LogP contribution in [0.15, 0.2) is 89.2 Å². The lowest BCUT2D eigenvalue weighted by Crippen LogP contribution is -2.54. The molecule has 0 atom stereocenters. The number of carboxylic acids is 1. The average molecular weight is 823 g/mol. The molecule has 2 aromatic heterocycles. The highest BCUT2D eigenvalue weighted by atomic mass is 32.2. The molecule has 310 valence electrons. The Morgan fingerprint density at radius 1 is 0.915 bits per heavy atom. The quantitative estimate of drug-likeness (QED) is 0.143. The van der Waals surface area contributed by atoms with Crippen LogP contribution in [0.3, 0.4) is 0 Å². The zero-order valence-corrected chi connectivity index (χ0v) is 34.7. The molecule has 15 heteroatoms. The van der Waals surface area contributed by atoms with Crippen molar-refractivity contribution in [2.24, 2.45) is 0 Å². The van der Waals surface area contributed by atoms with E-state index in [1.54, 1.807) is 42.9 Å². The van der Waals surface area contributed by atoms with Crippen LogP contribution in [0.25, 0.3) is 5.57 Å². The lowest BCUT2D eigenvalue weighted by molar-refractivity contribution is 0.0447. The standard InChI is InChI=1S/C44H51FN8O5S/c1-43(2,3)58-42(57)50-44(4)16-22-53(23-17-44)38-27-48-39(28-47-38)59-34-7-5-6-32(25-34)49-40(54)30-9-11-37(35(45)24-30)52-20-14-33(15-21-52)51-18-12-29(13-19-51)31-8-10-36(41(55)56)46-26-31/h5-12,24-28,33H,13-23H2,1-4H3,(H,49,54)(H,50,57)(H,55,56). The van der Waals surface area contributed by atoms with E-state index in [4.69, 9.17) is 9.84 Å². The maximum absolute atomic E-state index is 15.5. The number of hydrogen-bond donors (Lipinski definition) is 3. The number of alkyl carbamates (subject to hydrolysis) is 1. The summed E-state index contributed by atoms with van der Waals surface area (Å²) in [5.41, 5.74) is 2.57. The van der Waals surface area contributed by atoms with E-state index >= 15 is 4.39 Å². The van der Waals surface area contributed by atoms with Gasteiger partial charge in [0.15, 0.2) is 0 Å². The summed E-state index contributed by atoms with van der Waals surface area (Å²) in [6.45, 7) is 12.2. The molecule has 0 spiro atoms. The summed E-state index contributed by atoms with van der Waals surface area (Å²) in [5.74, 6) is -1.09. The molecule has 0 bridgehead atoms. The third kappa shape index (κ3) is 10.8. The molecule has 13 nitrogen and oxygen atoms in total. The normalized spacial score (nSPS) is 17.5. The Balaban J connectivity index is 0.871. The number of hydrogen-bond acceptors (Lipinski definition) is 11. The summed E-state index contributed by atoms with van der Waals surface area (Å²) in [6.07, 6.45) is 11.1. The van der Waals surface area contributed by atoms with Gasteiger partial charge >= 0.3 is 12.1 Å². The summed E-state index contributed by atoms with van der Waals surface area (Å²) in [4.78, 5) is 57.6. The molecule has 3 aliphatic rings. The Kier molecular flexibility index (Phi) is 12.5. The molecule has 59 heavy (non-hydrogen) atoms. The van der Waals surface area contributed by atoms with Gasteiger partial charge in [0.25, 0.3) is 5.91 Å². The molecule has 0 unspecified atom stereocenters. The van der Waals surface area contributed by atoms with Crippen molar-refractivity contribution in [1.29, 1.82) is 0 Å². The van der Waals surface area contributed by atoms with Crippen LogP contribution >= 0.6 is 11.8 Å². The van der Waals surface area contributed by atoms with E-state index < -0.39 is 29.4 Å². The van der Waals surface area contributed by atoms with Crippen LogP contribution in [-0.4, -0.2) is 99.4 Å². The fourth-order valence-corrected chi connectivity index (χ4v) is 8.54. The van der Waals surface area contributed by atoms with Crippen molar-refractivity contribution in [2.45, 2.75) is 86.9 Å². The largest absolute Gasteiger partial charge is 0.477 e. The molecule has 2 amide bonds. The van der Waals surface area contributed by atoms with Crippen molar-refractivity contribution in [2.75, 3.05) is 54.4 Å². The van der Waals surface area contributed by atoms with Crippen LogP contribution in [0.2, 0.25) is 0 Å². The van der Waals surface area contributed by atoms with Crippen molar-refractivity contribution in [3.63, 3.8) is 0 Å². The molecule has 4 aromatic rings. The number of amides is 2. The molecular formula is C44H51FN8O5S. The highest BCUT2D eigenvalue weighted by Crippen LogP contribution is 2.32. The first-order valence-corrected chi connectivity index (χ1v) is 20.9. The van der Waals surface area contributed by atoms with E-state index in [-0.39, 0.29) is 16.8 Å². The van der Waals surface area contributed by atoms with Crippen LogP contribution in [-0.2, 0) is 4.74 Å². The smallest absolute Gasteiger partial charge is 0.408 e. The minimum absolute atomic E-state index is 0.0384. The maximum Gasteiger partial charge on any atom is 0.408 e. The Bertz CT molecular complexity index is 2180. The zero-order valence-electron chi connectivity index (χ0n) is 33.9. The van der Waals surface area contributed by atoms with Gasteiger partial charge in [-0.2, -0.15) is 0 Å². The number of rotatable bonds is 10. The first-order valence-electron chi connectivity index (χ1n) is 20.0. The number of nitrogens with zero attached hydrogens (tertiary/aromatic N) is 6. The second kappa shape index (κ2) is 17.8. The fraction of sp³-hybridized carbons (Fsp3) is 0.409. The van der Waals surface area contributed by atoms with Crippen molar-refractivity contribution < 1.29 is 28.6 Å². The summed E-state index contributed by atoms with van der Waals surface area (Å²) in [7, 11) is 0. The number of carbonyl (C=O) groups is 3. The van der Waals surface area contributed by atoms with Gasteiger partial charge in [-0.1, -0.05) is 30.0 Å². The van der Waals surface area contributed by atoms with E-state index in [0.717, 1.165) is 74.6 Å². The Morgan fingerprint density at radius 2 is 1.69 bits per heavy atom. The number of piperidine rings is 2. The number of pyridine rings is 1. The third-order valence-electron chi connectivity index (χ3n) is 11.0. The Morgan fingerprint density at radius 3 is 2.32 bits per heavy atom. The van der Waals surface area contributed by atoms with Crippen LogP contribution in [0.1, 0.15) is 86.2 Å². The summed E-state index contributed by atoms with van der Waals surface area (Å²) in [6, 6.07) is 15.8. The molecule has 5 heterocycles. The molecule has 2 fully saturated rings. The summed E-state index contributed by atoms with van der Waals surface area (Å²) in [5, 5.41) is 15.8. The lowest BCUT2D eigenvalue weighted by Gasteiger charge is -2.40. The number of halogens is 1. The van der Waals surface area contributed by atoms with Gasteiger partial charge in [0.2, 0.25) is 0 Å². The molecular weight excluding hydrogens is 772 g/mol. The Hall–Kier alpha value is -5.54. The Labute approximate surface area is 348 Å². The molecule has 7 rings (SSSR count). The number of benzene rings is 2. The molecule has 0 saturated carbocycles. The SMILES string of the molecule is CC1(NC(=O)OC(C)(C)C)CCN(c2cnc(Sc3cccc(NC(=O)c4ccc(N5CCC(N6CC=C(c7ccc(C(=O)O)nc7)CC6)CC5)c(F)c4)c3)cn2)CC1. The topological polar surface area (TPSA) is 153 Å².